The smallest absolute Gasteiger partial charge is 0.225 e. The van der Waals surface area contributed by atoms with Crippen molar-refractivity contribution in [1.82, 2.24) is 15.5 Å². The minimum absolute atomic E-state index is 0.0623. The Morgan fingerprint density at radius 1 is 1.71 bits per heavy atom. The van der Waals surface area contributed by atoms with E-state index in [0.717, 1.165) is 13.1 Å². The van der Waals surface area contributed by atoms with Crippen molar-refractivity contribution in [2.24, 2.45) is 11.8 Å². The van der Waals surface area contributed by atoms with Gasteiger partial charge in [0.15, 0.2) is 0 Å². The van der Waals surface area contributed by atoms with Crippen LogP contribution in [0.4, 0.5) is 5.82 Å². The van der Waals surface area contributed by atoms with Crippen LogP contribution < -0.4 is 10.6 Å². The lowest BCUT2D eigenvalue weighted by atomic mass is 9.85. The van der Waals surface area contributed by atoms with E-state index in [-0.39, 0.29) is 5.91 Å². The Bertz CT molecular complexity index is 343. The first kappa shape index (κ1) is 12.1. The molecule has 0 radical (unpaired) electrons. The average molecular weight is 236 g/mol. The minimum Gasteiger partial charge on any atom is -0.316 e. The molecule has 2 atom stereocenters. The van der Waals surface area contributed by atoms with E-state index in [0.29, 0.717) is 24.1 Å². The van der Waals surface area contributed by atoms with Crippen LogP contribution in [-0.2, 0) is 4.79 Å². The molecule has 2 heterocycles. The summed E-state index contributed by atoms with van der Waals surface area (Å²) in [7, 11) is 0. The second kappa shape index (κ2) is 5.82. The molecule has 3 N–H and O–H groups in total. The molecule has 1 aromatic rings. The summed E-state index contributed by atoms with van der Waals surface area (Å²) in [6.07, 6.45) is 4.65. The maximum atomic E-state index is 11.8. The molecule has 17 heavy (non-hydrogen) atoms. The first-order valence-electron chi connectivity index (χ1n) is 6.25. The zero-order chi connectivity index (χ0) is 12.1. The van der Waals surface area contributed by atoms with Gasteiger partial charge in [0.25, 0.3) is 0 Å². The van der Waals surface area contributed by atoms with Crippen LogP contribution in [0.5, 0.6) is 0 Å². The minimum atomic E-state index is 0.0623. The van der Waals surface area contributed by atoms with Crippen molar-refractivity contribution in [3.8, 4) is 0 Å². The second-order valence-electron chi connectivity index (χ2n) is 4.81. The van der Waals surface area contributed by atoms with Crippen molar-refractivity contribution in [2.45, 2.75) is 26.2 Å². The number of hydrogen-bond donors (Lipinski definition) is 3. The van der Waals surface area contributed by atoms with Crippen molar-refractivity contribution >= 4 is 11.7 Å². The van der Waals surface area contributed by atoms with Gasteiger partial charge in [-0.25, -0.2) is 0 Å². The van der Waals surface area contributed by atoms with Gasteiger partial charge >= 0.3 is 0 Å². The standard InChI is InChI=1S/C12H20N4O/c1-9(10-3-2-5-13-8-10)7-12(17)15-11-4-6-14-16-11/h4,6,9-10,13H,2-3,5,7-8H2,1H3,(H2,14,15,16,17). The molecule has 5 nitrogen and oxygen atoms in total. The van der Waals surface area contributed by atoms with Gasteiger partial charge < -0.3 is 10.6 Å². The maximum absolute atomic E-state index is 11.8. The van der Waals surface area contributed by atoms with Gasteiger partial charge in [-0.3, -0.25) is 9.89 Å². The monoisotopic (exact) mass is 236 g/mol. The summed E-state index contributed by atoms with van der Waals surface area (Å²) in [5.74, 6) is 1.78. The molecule has 1 aliphatic rings. The van der Waals surface area contributed by atoms with Crippen LogP contribution in [0.25, 0.3) is 0 Å². The largest absolute Gasteiger partial charge is 0.316 e. The zero-order valence-electron chi connectivity index (χ0n) is 10.2. The van der Waals surface area contributed by atoms with E-state index in [2.05, 4.69) is 27.8 Å². The third-order valence-corrected chi connectivity index (χ3v) is 3.42. The van der Waals surface area contributed by atoms with Crippen molar-refractivity contribution in [3.05, 3.63) is 12.3 Å². The lowest BCUT2D eigenvalue weighted by molar-refractivity contribution is -0.117. The summed E-state index contributed by atoms with van der Waals surface area (Å²) in [5.41, 5.74) is 0. The number of carbonyl (C=O) groups excluding carboxylic acids is 1. The highest BCUT2D eigenvalue weighted by atomic mass is 16.1. The van der Waals surface area contributed by atoms with Crippen molar-refractivity contribution in [2.75, 3.05) is 18.4 Å². The van der Waals surface area contributed by atoms with Gasteiger partial charge in [-0.05, 0) is 37.8 Å². The van der Waals surface area contributed by atoms with E-state index >= 15 is 0 Å². The number of hydrogen-bond acceptors (Lipinski definition) is 3. The maximum Gasteiger partial charge on any atom is 0.225 e. The summed E-state index contributed by atoms with van der Waals surface area (Å²) in [6.45, 7) is 4.31. The second-order valence-corrected chi connectivity index (χ2v) is 4.81. The Morgan fingerprint density at radius 3 is 3.24 bits per heavy atom. The fourth-order valence-electron chi connectivity index (χ4n) is 2.35. The number of aromatic nitrogens is 2. The molecule has 2 rings (SSSR count). The molecule has 0 saturated carbocycles. The molecule has 1 amide bonds. The van der Waals surface area contributed by atoms with E-state index < -0.39 is 0 Å². The Hall–Kier alpha value is -1.36. The number of rotatable bonds is 4. The van der Waals surface area contributed by atoms with E-state index in [4.69, 9.17) is 0 Å². The number of piperidine rings is 1. The molecule has 1 fully saturated rings. The summed E-state index contributed by atoms with van der Waals surface area (Å²) in [6, 6.07) is 1.75. The van der Waals surface area contributed by atoms with Crippen molar-refractivity contribution in [3.63, 3.8) is 0 Å². The van der Waals surface area contributed by atoms with Gasteiger partial charge in [0, 0.05) is 12.5 Å². The van der Waals surface area contributed by atoms with Crippen molar-refractivity contribution in [1.29, 1.82) is 0 Å². The number of H-pyrrole nitrogens is 1. The van der Waals surface area contributed by atoms with Crippen LogP contribution in [0.3, 0.4) is 0 Å². The average Bonchev–Trinajstić information content (AvgIpc) is 2.82. The molecule has 1 saturated heterocycles. The van der Waals surface area contributed by atoms with Crippen LogP contribution in [0.15, 0.2) is 12.3 Å². The molecule has 0 bridgehead atoms. The number of nitrogens with zero attached hydrogens (tertiary/aromatic N) is 1. The van der Waals surface area contributed by atoms with Gasteiger partial charge in [0.1, 0.15) is 5.82 Å². The fourth-order valence-corrected chi connectivity index (χ4v) is 2.35. The molecule has 0 aliphatic carbocycles. The lowest BCUT2D eigenvalue weighted by Crippen LogP contribution is -2.34. The predicted molar refractivity (Wildman–Crippen MR) is 66.6 cm³/mol. The summed E-state index contributed by atoms with van der Waals surface area (Å²) >= 11 is 0. The Labute approximate surface area is 101 Å². The third kappa shape index (κ3) is 3.56. The molecular formula is C12H20N4O. The summed E-state index contributed by atoms with van der Waals surface area (Å²) < 4.78 is 0. The summed E-state index contributed by atoms with van der Waals surface area (Å²) in [5, 5.41) is 12.7. The van der Waals surface area contributed by atoms with E-state index in [9.17, 15) is 4.79 Å². The first-order valence-corrected chi connectivity index (χ1v) is 6.25. The predicted octanol–water partition coefficient (Wildman–Crippen LogP) is 1.37. The number of nitrogens with one attached hydrogen (secondary N) is 3. The van der Waals surface area contributed by atoms with E-state index in [1.165, 1.54) is 12.8 Å². The van der Waals surface area contributed by atoms with Crippen LogP contribution in [0.1, 0.15) is 26.2 Å². The molecule has 0 spiro atoms. The van der Waals surface area contributed by atoms with E-state index in [1.807, 2.05) is 0 Å². The zero-order valence-corrected chi connectivity index (χ0v) is 10.2. The van der Waals surface area contributed by atoms with Gasteiger partial charge in [-0.15, -0.1) is 0 Å². The Morgan fingerprint density at radius 2 is 2.59 bits per heavy atom. The first-order chi connectivity index (χ1) is 8.25. The molecule has 1 aromatic heterocycles. The highest BCUT2D eigenvalue weighted by molar-refractivity contribution is 5.89. The molecule has 94 valence electrons. The number of carbonyl (C=O) groups is 1. The van der Waals surface area contributed by atoms with Crippen LogP contribution in [-0.4, -0.2) is 29.2 Å². The molecule has 5 heteroatoms. The van der Waals surface area contributed by atoms with Gasteiger partial charge in [-0.1, -0.05) is 6.92 Å². The van der Waals surface area contributed by atoms with Crippen molar-refractivity contribution < 1.29 is 4.79 Å². The van der Waals surface area contributed by atoms with Gasteiger partial charge in [0.2, 0.25) is 5.91 Å². The molecule has 0 aromatic carbocycles. The molecule has 1 aliphatic heterocycles. The Kier molecular flexibility index (Phi) is 4.14. The van der Waals surface area contributed by atoms with Crippen LogP contribution in [0.2, 0.25) is 0 Å². The van der Waals surface area contributed by atoms with Gasteiger partial charge in [0.05, 0.1) is 6.20 Å². The number of amides is 1. The topological polar surface area (TPSA) is 69.8 Å². The van der Waals surface area contributed by atoms with Crippen LogP contribution >= 0.6 is 0 Å². The highest BCUT2D eigenvalue weighted by Gasteiger charge is 2.22. The van der Waals surface area contributed by atoms with Crippen LogP contribution in [0, 0.1) is 11.8 Å². The van der Waals surface area contributed by atoms with Gasteiger partial charge in [-0.2, -0.15) is 5.10 Å². The molecule has 2 unspecified atom stereocenters. The number of anilines is 1. The summed E-state index contributed by atoms with van der Waals surface area (Å²) in [4.78, 5) is 11.8. The SMILES string of the molecule is CC(CC(=O)Nc1ccn[nH]1)C1CCCNC1. The lowest BCUT2D eigenvalue weighted by Gasteiger charge is -2.27. The highest BCUT2D eigenvalue weighted by Crippen LogP contribution is 2.22. The fraction of sp³-hybridized carbons (Fsp3) is 0.667. The number of aromatic amines is 1. The van der Waals surface area contributed by atoms with E-state index in [1.54, 1.807) is 12.3 Å². The third-order valence-electron chi connectivity index (χ3n) is 3.42. The molecular weight excluding hydrogens is 216 g/mol. The quantitative estimate of drug-likeness (QED) is 0.739. The normalized spacial score (nSPS) is 22.1. The Balaban J connectivity index is 1.77.